The topological polar surface area (TPSA) is 144 Å². The number of hydrogen-bond acceptors (Lipinski definition) is 4. The number of hydrogen-bond donors (Lipinski definition) is 4. The summed E-state index contributed by atoms with van der Waals surface area (Å²) in [5.41, 5.74) is 10.8. The van der Waals surface area contributed by atoms with Gasteiger partial charge in [-0.25, -0.2) is 4.99 Å². The van der Waals surface area contributed by atoms with Crippen molar-refractivity contribution in [2.75, 3.05) is 0 Å². The van der Waals surface area contributed by atoms with Gasteiger partial charge in [0.05, 0.1) is 11.9 Å². The number of guanidine groups is 1. The van der Waals surface area contributed by atoms with Crippen molar-refractivity contribution in [3.05, 3.63) is 40.2 Å². The fourth-order valence-corrected chi connectivity index (χ4v) is 2.03. The Balaban J connectivity index is 2.33. The van der Waals surface area contributed by atoms with Crippen molar-refractivity contribution in [2.45, 2.75) is 19.6 Å². The molecule has 2 aromatic rings. The Hall–Kier alpha value is -3.03. The van der Waals surface area contributed by atoms with E-state index in [1.165, 1.54) is 0 Å². The molecule has 0 saturated carbocycles. The minimum absolute atomic E-state index is 0.0833. The molecule has 0 bridgehead atoms. The first-order valence-corrected chi connectivity index (χ1v) is 6.48. The number of nitrogens with two attached hydrogens (primary N) is 2. The Kier molecular flexibility index (Phi) is 4.31. The maximum atomic E-state index is 11.8. The molecule has 1 aromatic carbocycles. The molecule has 0 aliphatic heterocycles. The lowest BCUT2D eigenvalue weighted by atomic mass is 10.1. The highest BCUT2D eigenvalue weighted by molar-refractivity contribution is 5.81. The molecule has 1 heterocycles. The standard InChI is InChI=1S/C14H16N4O4/c1-7(17-14(15)16)22-10-3-2-8-4-9(5-12(19)20)13(21)18-11(8)6-10/h2-4,6-7H,5H2,1H3,(H,18,21)(H,19,20)(H4,15,16,17). The summed E-state index contributed by atoms with van der Waals surface area (Å²) < 4.78 is 5.50. The van der Waals surface area contributed by atoms with Crippen LogP contribution in [0.25, 0.3) is 10.9 Å². The number of carbonyl (C=O) groups is 1. The van der Waals surface area contributed by atoms with E-state index in [-0.39, 0.29) is 17.9 Å². The van der Waals surface area contributed by atoms with E-state index in [0.29, 0.717) is 16.7 Å². The van der Waals surface area contributed by atoms with Gasteiger partial charge in [-0.1, -0.05) is 0 Å². The number of aliphatic carboxylic acids is 1. The molecule has 1 unspecified atom stereocenters. The largest absolute Gasteiger partial charge is 0.481 e. The molecule has 1 aromatic heterocycles. The van der Waals surface area contributed by atoms with Crippen LogP contribution in [0.1, 0.15) is 12.5 Å². The van der Waals surface area contributed by atoms with Gasteiger partial charge in [0.25, 0.3) is 5.56 Å². The van der Waals surface area contributed by atoms with Crippen LogP contribution < -0.4 is 21.8 Å². The SMILES string of the molecule is CC(N=C(N)N)Oc1ccc2cc(CC(=O)O)c(=O)[nH]c2c1. The first-order valence-electron chi connectivity index (χ1n) is 6.48. The third-order valence-corrected chi connectivity index (χ3v) is 2.87. The number of nitrogens with zero attached hydrogens (tertiary/aromatic N) is 1. The molecule has 0 fully saturated rings. The van der Waals surface area contributed by atoms with Crippen molar-refractivity contribution < 1.29 is 14.6 Å². The lowest BCUT2D eigenvalue weighted by Crippen LogP contribution is -2.26. The zero-order chi connectivity index (χ0) is 16.3. The van der Waals surface area contributed by atoms with Crippen molar-refractivity contribution in [1.82, 2.24) is 4.98 Å². The Morgan fingerprint density at radius 2 is 2.14 bits per heavy atom. The van der Waals surface area contributed by atoms with Crippen LogP contribution in [0.4, 0.5) is 0 Å². The highest BCUT2D eigenvalue weighted by atomic mass is 16.5. The third kappa shape index (κ3) is 3.75. The number of H-pyrrole nitrogens is 1. The van der Waals surface area contributed by atoms with Crippen LogP contribution in [0.15, 0.2) is 34.1 Å². The Morgan fingerprint density at radius 1 is 1.41 bits per heavy atom. The van der Waals surface area contributed by atoms with Gasteiger partial charge in [-0.05, 0) is 30.5 Å². The van der Waals surface area contributed by atoms with E-state index >= 15 is 0 Å². The number of nitrogens with one attached hydrogen (secondary N) is 1. The molecular formula is C14H16N4O4. The normalized spacial score (nSPS) is 11.9. The minimum Gasteiger partial charge on any atom is -0.481 e. The second-order valence-electron chi connectivity index (χ2n) is 4.71. The summed E-state index contributed by atoms with van der Waals surface area (Å²) in [4.78, 5) is 29.0. The van der Waals surface area contributed by atoms with Gasteiger partial charge in [-0.3, -0.25) is 9.59 Å². The summed E-state index contributed by atoms with van der Waals surface area (Å²) in [7, 11) is 0. The van der Waals surface area contributed by atoms with E-state index in [2.05, 4.69) is 9.98 Å². The van der Waals surface area contributed by atoms with Gasteiger partial charge in [0.15, 0.2) is 12.2 Å². The summed E-state index contributed by atoms with van der Waals surface area (Å²) in [6, 6.07) is 6.57. The van der Waals surface area contributed by atoms with Gasteiger partial charge in [-0.15, -0.1) is 0 Å². The zero-order valence-corrected chi connectivity index (χ0v) is 11.9. The quantitative estimate of drug-likeness (QED) is 0.457. The maximum Gasteiger partial charge on any atom is 0.308 e. The number of rotatable bonds is 5. The molecule has 0 spiro atoms. The average Bonchev–Trinajstić information content (AvgIpc) is 2.38. The number of aromatic nitrogens is 1. The van der Waals surface area contributed by atoms with Gasteiger partial charge >= 0.3 is 5.97 Å². The van der Waals surface area contributed by atoms with Crippen LogP contribution in [0.3, 0.4) is 0 Å². The second-order valence-corrected chi connectivity index (χ2v) is 4.71. The summed E-state index contributed by atoms with van der Waals surface area (Å²) >= 11 is 0. The van der Waals surface area contributed by atoms with Crippen molar-refractivity contribution >= 4 is 22.8 Å². The lowest BCUT2D eigenvalue weighted by Gasteiger charge is -2.11. The Bertz CT molecular complexity index is 793. The van der Waals surface area contributed by atoms with Crippen molar-refractivity contribution in [1.29, 1.82) is 0 Å². The fourth-order valence-electron chi connectivity index (χ4n) is 2.03. The number of aromatic amines is 1. The molecule has 0 saturated heterocycles. The number of pyridine rings is 1. The molecule has 6 N–H and O–H groups in total. The van der Waals surface area contributed by atoms with Gasteiger partial charge in [0.2, 0.25) is 0 Å². The van der Waals surface area contributed by atoms with Crippen LogP contribution in [-0.2, 0) is 11.2 Å². The van der Waals surface area contributed by atoms with E-state index in [0.717, 1.165) is 0 Å². The van der Waals surface area contributed by atoms with Gasteiger partial charge < -0.3 is 26.3 Å². The molecule has 0 amide bonds. The monoisotopic (exact) mass is 304 g/mol. The second kappa shape index (κ2) is 6.17. The average molecular weight is 304 g/mol. The number of carboxylic acids is 1. The zero-order valence-electron chi connectivity index (χ0n) is 11.9. The predicted molar refractivity (Wildman–Crippen MR) is 81.8 cm³/mol. The highest BCUT2D eigenvalue weighted by Crippen LogP contribution is 2.20. The number of benzene rings is 1. The van der Waals surface area contributed by atoms with Gasteiger partial charge in [0.1, 0.15) is 5.75 Å². The maximum absolute atomic E-state index is 11.8. The number of fused-ring (bicyclic) bond motifs is 1. The molecule has 0 aliphatic rings. The summed E-state index contributed by atoms with van der Waals surface area (Å²) in [5, 5.41) is 9.48. The highest BCUT2D eigenvalue weighted by Gasteiger charge is 2.09. The minimum atomic E-state index is -1.06. The van der Waals surface area contributed by atoms with Crippen LogP contribution in [0.2, 0.25) is 0 Å². The first-order chi connectivity index (χ1) is 10.3. The molecule has 116 valence electrons. The smallest absolute Gasteiger partial charge is 0.308 e. The lowest BCUT2D eigenvalue weighted by molar-refractivity contribution is -0.136. The van der Waals surface area contributed by atoms with Crippen molar-refractivity contribution in [2.24, 2.45) is 16.5 Å². The third-order valence-electron chi connectivity index (χ3n) is 2.87. The van der Waals surface area contributed by atoms with E-state index in [9.17, 15) is 9.59 Å². The molecule has 8 nitrogen and oxygen atoms in total. The molecule has 0 aliphatic carbocycles. The van der Waals surface area contributed by atoms with Gasteiger partial charge in [0, 0.05) is 11.6 Å². The summed E-state index contributed by atoms with van der Waals surface area (Å²) in [6.45, 7) is 1.67. The van der Waals surface area contributed by atoms with E-state index in [1.54, 1.807) is 31.2 Å². The van der Waals surface area contributed by atoms with Crippen molar-refractivity contribution in [3.63, 3.8) is 0 Å². The number of aliphatic imine (C=N–C) groups is 1. The number of ether oxygens (including phenoxy) is 1. The van der Waals surface area contributed by atoms with Crippen LogP contribution in [0, 0.1) is 0 Å². The summed E-state index contributed by atoms with van der Waals surface area (Å²) in [5.74, 6) is -0.664. The Morgan fingerprint density at radius 3 is 2.77 bits per heavy atom. The molecule has 8 heteroatoms. The number of carboxylic acid groups (broad SMARTS) is 1. The van der Waals surface area contributed by atoms with Crippen molar-refractivity contribution in [3.8, 4) is 5.75 Å². The van der Waals surface area contributed by atoms with E-state index < -0.39 is 17.8 Å². The van der Waals surface area contributed by atoms with Crippen LogP contribution in [-0.4, -0.2) is 28.2 Å². The molecule has 22 heavy (non-hydrogen) atoms. The predicted octanol–water partition coefficient (Wildman–Crippen LogP) is 0.153. The van der Waals surface area contributed by atoms with Crippen LogP contribution in [0.5, 0.6) is 5.75 Å². The van der Waals surface area contributed by atoms with E-state index in [4.69, 9.17) is 21.3 Å². The first kappa shape index (κ1) is 15.4. The fraction of sp³-hybridized carbons (Fsp3) is 0.214. The molecule has 0 radical (unpaired) electrons. The van der Waals surface area contributed by atoms with E-state index in [1.807, 2.05) is 0 Å². The van der Waals surface area contributed by atoms with Gasteiger partial charge in [-0.2, -0.15) is 0 Å². The molecular weight excluding hydrogens is 288 g/mol. The Labute approximate surface area is 125 Å². The molecule has 1 atom stereocenters. The summed E-state index contributed by atoms with van der Waals surface area (Å²) in [6.07, 6.45) is -0.897. The van der Waals surface area contributed by atoms with Crippen LogP contribution >= 0.6 is 0 Å². The molecule has 2 rings (SSSR count).